The van der Waals surface area contributed by atoms with Gasteiger partial charge in [0.05, 0.1) is 11.0 Å². The molecule has 0 saturated carbocycles. The van der Waals surface area contributed by atoms with E-state index in [1.54, 1.807) is 0 Å². The third kappa shape index (κ3) is 2.44. The Morgan fingerprint density at radius 1 is 1.43 bits per heavy atom. The second-order valence-corrected chi connectivity index (χ2v) is 6.36. The normalized spacial score (nSPS) is 18.8. The fourth-order valence-electron chi connectivity index (χ4n) is 3.09. The molecule has 0 amide bonds. The van der Waals surface area contributed by atoms with E-state index in [9.17, 15) is 4.79 Å². The van der Waals surface area contributed by atoms with Crippen LogP contribution < -0.4 is 5.69 Å². The fraction of sp³-hybridized carbons (Fsp3) is 0.471. The zero-order valence-corrected chi connectivity index (χ0v) is 13.2. The monoisotopic (exact) mass is 285 g/mol. The van der Waals surface area contributed by atoms with Gasteiger partial charge in [-0.3, -0.25) is 9.47 Å². The number of rotatable bonds is 2. The lowest BCUT2D eigenvalue weighted by Gasteiger charge is -2.26. The van der Waals surface area contributed by atoms with Crippen molar-refractivity contribution in [2.24, 2.45) is 0 Å². The highest BCUT2D eigenvalue weighted by Crippen LogP contribution is 2.26. The first-order valence-corrected chi connectivity index (χ1v) is 7.55. The third-order valence-electron chi connectivity index (χ3n) is 4.44. The summed E-state index contributed by atoms with van der Waals surface area (Å²) in [5.74, 6) is 0. The van der Waals surface area contributed by atoms with Gasteiger partial charge in [-0.05, 0) is 44.9 Å². The Balaban J connectivity index is 2.12. The fourth-order valence-corrected chi connectivity index (χ4v) is 3.09. The minimum atomic E-state index is 0.00719. The van der Waals surface area contributed by atoms with E-state index in [1.165, 1.54) is 16.7 Å². The van der Waals surface area contributed by atoms with Gasteiger partial charge in [0.25, 0.3) is 0 Å². The van der Waals surface area contributed by atoms with Gasteiger partial charge in [-0.2, -0.15) is 0 Å². The van der Waals surface area contributed by atoms with Gasteiger partial charge < -0.3 is 4.98 Å². The summed E-state index contributed by atoms with van der Waals surface area (Å²) in [4.78, 5) is 17.6. The van der Waals surface area contributed by atoms with Crippen LogP contribution in [0.2, 0.25) is 0 Å². The minimum absolute atomic E-state index is 0.00719. The summed E-state index contributed by atoms with van der Waals surface area (Å²) < 4.78 is 1.91. The van der Waals surface area contributed by atoms with Crippen LogP contribution in [-0.4, -0.2) is 27.0 Å². The van der Waals surface area contributed by atoms with Gasteiger partial charge in [-0.1, -0.05) is 17.7 Å². The number of H-pyrrole nitrogens is 1. The molecule has 1 N–H and O–H groups in total. The molecule has 4 heteroatoms. The number of hydrogen-bond acceptors (Lipinski definition) is 2. The van der Waals surface area contributed by atoms with Gasteiger partial charge in [0.2, 0.25) is 0 Å². The third-order valence-corrected chi connectivity index (χ3v) is 4.44. The highest BCUT2D eigenvalue weighted by Gasteiger charge is 2.24. The first-order chi connectivity index (χ1) is 9.97. The Hall–Kier alpha value is -1.81. The number of allylic oxidation sites excluding steroid dienone is 1. The second kappa shape index (κ2) is 5.19. The van der Waals surface area contributed by atoms with Crippen molar-refractivity contribution in [2.45, 2.75) is 46.8 Å². The molecule has 1 aromatic carbocycles. The molecule has 0 aliphatic carbocycles. The van der Waals surface area contributed by atoms with Crippen molar-refractivity contribution >= 4 is 11.0 Å². The number of nitrogens with zero attached hydrogens (tertiary/aromatic N) is 2. The van der Waals surface area contributed by atoms with E-state index in [1.807, 2.05) is 10.6 Å². The predicted octanol–water partition coefficient (Wildman–Crippen LogP) is 2.81. The Morgan fingerprint density at radius 2 is 2.19 bits per heavy atom. The van der Waals surface area contributed by atoms with Crippen LogP contribution in [0.1, 0.15) is 31.9 Å². The number of aromatic amines is 1. The summed E-state index contributed by atoms with van der Waals surface area (Å²) in [6, 6.07) is 4.46. The van der Waals surface area contributed by atoms with Crippen LogP contribution in [0.15, 0.2) is 28.6 Å². The van der Waals surface area contributed by atoms with Crippen molar-refractivity contribution in [3.8, 4) is 0 Å². The highest BCUT2D eigenvalue weighted by atomic mass is 16.1. The lowest BCUT2D eigenvalue weighted by molar-refractivity contribution is 0.209. The van der Waals surface area contributed by atoms with Crippen molar-refractivity contribution in [2.75, 3.05) is 6.54 Å². The maximum atomic E-state index is 12.2. The molecule has 2 aromatic rings. The zero-order valence-electron chi connectivity index (χ0n) is 13.2. The SMILES string of the molecule is CC(C)=CCN1Cc2c(C)ccc3[nH]c(=O)n(c23)CC1C. The lowest BCUT2D eigenvalue weighted by Crippen LogP contribution is -2.36. The maximum absolute atomic E-state index is 12.2. The van der Waals surface area contributed by atoms with Gasteiger partial charge in [-0.25, -0.2) is 4.79 Å². The molecular weight excluding hydrogens is 262 g/mol. The largest absolute Gasteiger partial charge is 0.326 e. The molecule has 4 nitrogen and oxygen atoms in total. The first-order valence-electron chi connectivity index (χ1n) is 7.55. The molecule has 0 saturated heterocycles. The van der Waals surface area contributed by atoms with Gasteiger partial charge in [-0.15, -0.1) is 0 Å². The van der Waals surface area contributed by atoms with E-state index in [0.29, 0.717) is 6.04 Å². The number of aryl methyl sites for hydroxylation is 1. The summed E-state index contributed by atoms with van der Waals surface area (Å²) in [6.45, 7) is 11.2. The Bertz CT molecular complexity index is 762. The molecule has 0 spiro atoms. The molecule has 1 aromatic heterocycles. The van der Waals surface area contributed by atoms with Crippen molar-refractivity contribution in [3.05, 3.63) is 45.4 Å². The Labute approximate surface area is 125 Å². The first kappa shape index (κ1) is 14.1. The average Bonchev–Trinajstić information content (AvgIpc) is 2.64. The topological polar surface area (TPSA) is 41.0 Å². The summed E-state index contributed by atoms with van der Waals surface area (Å²) >= 11 is 0. The van der Waals surface area contributed by atoms with Gasteiger partial charge in [0.1, 0.15) is 0 Å². The average molecular weight is 285 g/mol. The van der Waals surface area contributed by atoms with Gasteiger partial charge in [0.15, 0.2) is 0 Å². The van der Waals surface area contributed by atoms with Crippen molar-refractivity contribution < 1.29 is 0 Å². The smallest absolute Gasteiger partial charge is 0.306 e. The van der Waals surface area contributed by atoms with Crippen LogP contribution in [0.3, 0.4) is 0 Å². The summed E-state index contributed by atoms with van der Waals surface area (Å²) in [5.41, 5.74) is 5.92. The molecule has 1 unspecified atom stereocenters. The number of imidazole rings is 1. The molecule has 112 valence electrons. The van der Waals surface area contributed by atoms with Crippen molar-refractivity contribution in [1.82, 2.24) is 14.5 Å². The van der Waals surface area contributed by atoms with E-state index < -0.39 is 0 Å². The Morgan fingerprint density at radius 3 is 2.90 bits per heavy atom. The molecule has 0 radical (unpaired) electrons. The molecule has 21 heavy (non-hydrogen) atoms. The lowest BCUT2D eigenvalue weighted by atomic mass is 10.1. The minimum Gasteiger partial charge on any atom is -0.306 e. The van der Waals surface area contributed by atoms with Crippen molar-refractivity contribution in [3.63, 3.8) is 0 Å². The standard InChI is InChI=1S/C17H23N3O/c1-11(2)7-8-19-10-14-12(3)5-6-15-16(14)20(9-13(19)4)17(21)18-15/h5-7,13H,8-10H2,1-4H3,(H,18,21). The molecule has 1 aliphatic heterocycles. The summed E-state index contributed by atoms with van der Waals surface area (Å²) in [7, 11) is 0. The van der Waals surface area contributed by atoms with Gasteiger partial charge >= 0.3 is 5.69 Å². The van der Waals surface area contributed by atoms with Crippen LogP contribution in [0, 0.1) is 6.92 Å². The summed E-state index contributed by atoms with van der Waals surface area (Å²) in [5, 5.41) is 0. The number of benzene rings is 1. The molecule has 2 heterocycles. The second-order valence-electron chi connectivity index (χ2n) is 6.36. The van der Waals surface area contributed by atoms with E-state index in [4.69, 9.17) is 0 Å². The van der Waals surface area contributed by atoms with Crippen LogP contribution in [-0.2, 0) is 13.1 Å². The van der Waals surface area contributed by atoms with Crippen LogP contribution in [0.4, 0.5) is 0 Å². The van der Waals surface area contributed by atoms with E-state index in [2.05, 4.69) is 49.7 Å². The molecule has 0 fully saturated rings. The van der Waals surface area contributed by atoms with E-state index >= 15 is 0 Å². The quantitative estimate of drug-likeness (QED) is 0.862. The van der Waals surface area contributed by atoms with Crippen LogP contribution in [0.25, 0.3) is 11.0 Å². The molecule has 1 atom stereocenters. The number of hydrogen-bond donors (Lipinski definition) is 1. The Kier molecular flexibility index (Phi) is 3.49. The van der Waals surface area contributed by atoms with E-state index in [0.717, 1.165) is 30.7 Å². The summed E-state index contributed by atoms with van der Waals surface area (Å²) in [6.07, 6.45) is 2.26. The number of nitrogens with one attached hydrogen (secondary N) is 1. The van der Waals surface area contributed by atoms with Crippen LogP contribution in [0.5, 0.6) is 0 Å². The molecular formula is C17H23N3O. The number of aromatic nitrogens is 2. The molecule has 3 rings (SSSR count). The predicted molar refractivity (Wildman–Crippen MR) is 86.6 cm³/mol. The van der Waals surface area contributed by atoms with Crippen LogP contribution >= 0.6 is 0 Å². The highest BCUT2D eigenvalue weighted by molar-refractivity contribution is 5.80. The zero-order chi connectivity index (χ0) is 15.1. The van der Waals surface area contributed by atoms with Gasteiger partial charge in [0, 0.05) is 25.7 Å². The molecule has 1 aliphatic rings. The molecule has 0 bridgehead atoms. The van der Waals surface area contributed by atoms with E-state index in [-0.39, 0.29) is 5.69 Å². The van der Waals surface area contributed by atoms with Crippen molar-refractivity contribution in [1.29, 1.82) is 0 Å². The maximum Gasteiger partial charge on any atom is 0.326 e.